The fourth-order valence-corrected chi connectivity index (χ4v) is 6.36. The average molecular weight is 574 g/mol. The number of aromatic carboxylic acids is 1. The molecular formula is C33H31N7O3. The van der Waals surface area contributed by atoms with Crippen molar-refractivity contribution < 1.29 is 9.90 Å². The van der Waals surface area contributed by atoms with Crippen LogP contribution in [-0.2, 0) is 0 Å². The quantitative estimate of drug-likeness (QED) is 0.335. The third-order valence-corrected chi connectivity index (χ3v) is 8.72. The summed E-state index contributed by atoms with van der Waals surface area (Å²) in [6.07, 6.45) is 3.64. The van der Waals surface area contributed by atoms with Crippen LogP contribution >= 0.6 is 0 Å². The lowest BCUT2D eigenvalue weighted by molar-refractivity contribution is 0.0698. The van der Waals surface area contributed by atoms with Gasteiger partial charge in [-0.05, 0) is 74.7 Å². The molecule has 0 saturated carbocycles. The second-order valence-corrected chi connectivity index (χ2v) is 11.6. The molecule has 1 atom stereocenters. The zero-order valence-corrected chi connectivity index (χ0v) is 24.0. The number of nitrogens with zero attached hydrogens (tertiary/aromatic N) is 6. The molecule has 0 unspecified atom stereocenters. The number of nitrogens with one attached hydrogen (secondary N) is 1. The van der Waals surface area contributed by atoms with E-state index in [0.717, 1.165) is 42.7 Å². The predicted molar refractivity (Wildman–Crippen MR) is 164 cm³/mol. The van der Waals surface area contributed by atoms with Gasteiger partial charge in [0.05, 0.1) is 23.2 Å². The number of fused-ring (bicyclic) bond motifs is 1. The maximum atomic E-state index is 13.6. The summed E-state index contributed by atoms with van der Waals surface area (Å²) < 4.78 is 1.43. The number of carboxylic acids is 1. The topological polar surface area (TPSA) is 138 Å². The van der Waals surface area contributed by atoms with Gasteiger partial charge in [-0.2, -0.15) is 10.5 Å². The van der Waals surface area contributed by atoms with Gasteiger partial charge in [0.25, 0.3) is 5.56 Å². The smallest absolute Gasteiger partial charge is 0.337 e. The molecule has 2 N–H and O–H groups in total. The lowest BCUT2D eigenvalue weighted by Gasteiger charge is -2.54. The molecule has 43 heavy (non-hydrogen) atoms. The third-order valence-electron chi connectivity index (χ3n) is 8.72. The highest BCUT2D eigenvalue weighted by Crippen LogP contribution is 2.43. The fourth-order valence-electron chi connectivity index (χ4n) is 6.36. The number of pyridine rings is 1. The molecule has 2 aromatic heterocycles. The summed E-state index contributed by atoms with van der Waals surface area (Å²) in [6.45, 7) is 6.99. The molecule has 4 aromatic rings. The van der Waals surface area contributed by atoms with E-state index < -0.39 is 11.5 Å². The van der Waals surface area contributed by atoms with E-state index in [9.17, 15) is 20.0 Å². The van der Waals surface area contributed by atoms with Crippen LogP contribution in [0.4, 0.5) is 17.2 Å². The Hall–Kier alpha value is -5.35. The number of para-hydroxylation sites is 1. The Bertz CT molecular complexity index is 1870. The van der Waals surface area contributed by atoms with Crippen molar-refractivity contribution in [3.63, 3.8) is 0 Å². The Morgan fingerprint density at radius 1 is 1.05 bits per heavy atom. The van der Waals surface area contributed by atoms with Crippen LogP contribution < -0.4 is 20.7 Å². The summed E-state index contributed by atoms with van der Waals surface area (Å²) >= 11 is 0. The van der Waals surface area contributed by atoms with Crippen LogP contribution in [0.15, 0.2) is 65.6 Å². The highest BCUT2D eigenvalue weighted by atomic mass is 16.4. The Morgan fingerprint density at radius 3 is 2.40 bits per heavy atom. The number of nitriles is 2. The molecule has 10 heteroatoms. The fraction of sp³-hybridized carbons (Fsp3) is 0.303. The van der Waals surface area contributed by atoms with Crippen LogP contribution in [0, 0.1) is 35.0 Å². The van der Waals surface area contributed by atoms with E-state index in [-0.39, 0.29) is 22.6 Å². The average Bonchev–Trinajstić information content (AvgIpc) is 3.00. The van der Waals surface area contributed by atoms with Gasteiger partial charge in [0.2, 0.25) is 0 Å². The van der Waals surface area contributed by atoms with Crippen molar-refractivity contribution in [2.45, 2.75) is 32.7 Å². The van der Waals surface area contributed by atoms with E-state index in [2.05, 4.69) is 22.4 Å². The lowest BCUT2D eigenvalue weighted by atomic mass is 9.72. The summed E-state index contributed by atoms with van der Waals surface area (Å²) in [4.78, 5) is 34.7. The van der Waals surface area contributed by atoms with E-state index in [1.807, 2.05) is 49.1 Å². The van der Waals surface area contributed by atoms with Crippen molar-refractivity contribution in [3.05, 3.63) is 99.0 Å². The molecule has 2 aromatic carbocycles. The standard InChI is InChI=1S/C33H31N7O3/c1-21-15-26(22(2)36-28-6-4-3-5-25(28)32(42)43)30-37-29(27(17-35)31(41)40(30)18-21)39-19-33(20-39)11-13-38(14-12-33)24-9-7-23(16-34)8-10-24/h3-10,15,18,22,36H,11-14,19-20H2,1-2H3,(H,42,43)/t22-/m1/s1. The van der Waals surface area contributed by atoms with Crippen LogP contribution in [0.25, 0.3) is 5.65 Å². The molecule has 1 spiro atoms. The van der Waals surface area contributed by atoms with Crippen molar-refractivity contribution in [2.75, 3.05) is 41.3 Å². The second-order valence-electron chi connectivity index (χ2n) is 11.6. The predicted octanol–water partition coefficient (Wildman–Crippen LogP) is 4.72. The number of benzene rings is 2. The van der Waals surface area contributed by atoms with Crippen LogP contribution in [0.1, 0.15) is 58.4 Å². The summed E-state index contributed by atoms with van der Waals surface area (Å²) in [5.74, 6) is -0.634. The van der Waals surface area contributed by atoms with E-state index in [1.54, 1.807) is 30.5 Å². The number of aromatic nitrogens is 2. The van der Waals surface area contributed by atoms with Crippen LogP contribution in [-0.4, -0.2) is 46.6 Å². The number of piperidine rings is 1. The molecule has 2 saturated heterocycles. The van der Waals surface area contributed by atoms with Crippen molar-refractivity contribution in [1.82, 2.24) is 9.38 Å². The van der Waals surface area contributed by atoms with Crippen LogP contribution in [0.5, 0.6) is 0 Å². The minimum absolute atomic E-state index is 0.0238. The molecule has 10 nitrogen and oxygen atoms in total. The number of anilines is 3. The number of hydrogen-bond donors (Lipinski definition) is 2. The van der Waals surface area contributed by atoms with Gasteiger partial charge in [-0.3, -0.25) is 9.20 Å². The first kappa shape index (κ1) is 27.8. The lowest BCUT2D eigenvalue weighted by Crippen LogP contribution is -2.61. The van der Waals surface area contributed by atoms with Gasteiger partial charge in [0, 0.05) is 54.7 Å². The van der Waals surface area contributed by atoms with Gasteiger partial charge < -0.3 is 20.2 Å². The van der Waals surface area contributed by atoms with Crippen molar-refractivity contribution in [2.24, 2.45) is 5.41 Å². The van der Waals surface area contributed by atoms with Gasteiger partial charge >= 0.3 is 5.97 Å². The molecule has 0 radical (unpaired) electrons. The molecule has 6 rings (SSSR count). The number of carbonyl (C=O) groups is 1. The van der Waals surface area contributed by atoms with Gasteiger partial charge in [-0.1, -0.05) is 12.1 Å². The first-order valence-corrected chi connectivity index (χ1v) is 14.3. The summed E-state index contributed by atoms with van der Waals surface area (Å²) in [5, 5.41) is 32.0. The van der Waals surface area contributed by atoms with Crippen molar-refractivity contribution >= 4 is 28.8 Å². The first-order valence-electron chi connectivity index (χ1n) is 14.3. The highest BCUT2D eigenvalue weighted by molar-refractivity contribution is 5.94. The minimum atomic E-state index is -1.03. The Balaban J connectivity index is 1.27. The normalized spacial score (nSPS) is 16.3. The van der Waals surface area contributed by atoms with E-state index in [4.69, 9.17) is 10.2 Å². The van der Waals surface area contributed by atoms with E-state index >= 15 is 0 Å². The molecule has 4 heterocycles. The van der Waals surface area contributed by atoms with Gasteiger partial charge in [0.15, 0.2) is 11.4 Å². The Morgan fingerprint density at radius 2 is 1.74 bits per heavy atom. The maximum absolute atomic E-state index is 13.6. The Kier molecular flexibility index (Phi) is 6.99. The molecular weight excluding hydrogens is 542 g/mol. The van der Waals surface area contributed by atoms with E-state index in [1.165, 1.54) is 4.40 Å². The monoisotopic (exact) mass is 573 g/mol. The summed E-state index contributed by atoms with van der Waals surface area (Å²) in [6, 6.07) is 20.2. The summed E-state index contributed by atoms with van der Waals surface area (Å²) in [5.41, 5.74) is 4.07. The number of hydrogen-bond acceptors (Lipinski definition) is 8. The maximum Gasteiger partial charge on any atom is 0.337 e. The Labute approximate surface area is 249 Å². The van der Waals surface area contributed by atoms with Gasteiger partial charge in [0.1, 0.15) is 11.7 Å². The van der Waals surface area contributed by atoms with Crippen LogP contribution in [0.2, 0.25) is 0 Å². The zero-order chi connectivity index (χ0) is 30.3. The highest BCUT2D eigenvalue weighted by Gasteiger charge is 2.46. The molecule has 2 fully saturated rings. The molecule has 0 bridgehead atoms. The molecule has 2 aliphatic rings. The molecule has 0 amide bonds. The van der Waals surface area contributed by atoms with Crippen molar-refractivity contribution in [1.29, 1.82) is 10.5 Å². The molecule has 0 aliphatic carbocycles. The largest absolute Gasteiger partial charge is 0.478 e. The number of carboxylic acid groups (broad SMARTS) is 1. The van der Waals surface area contributed by atoms with Gasteiger partial charge in [-0.25, -0.2) is 9.78 Å². The van der Waals surface area contributed by atoms with Gasteiger partial charge in [-0.15, -0.1) is 0 Å². The van der Waals surface area contributed by atoms with Crippen LogP contribution in [0.3, 0.4) is 0 Å². The summed E-state index contributed by atoms with van der Waals surface area (Å²) in [7, 11) is 0. The van der Waals surface area contributed by atoms with Crippen molar-refractivity contribution in [3.8, 4) is 12.1 Å². The van der Waals surface area contributed by atoms with E-state index in [0.29, 0.717) is 35.8 Å². The molecule has 2 aliphatic heterocycles. The first-order chi connectivity index (χ1) is 20.7. The second kappa shape index (κ2) is 10.8. The zero-order valence-electron chi connectivity index (χ0n) is 24.0. The third kappa shape index (κ3) is 5.02. The molecule has 216 valence electrons. The number of rotatable bonds is 6. The minimum Gasteiger partial charge on any atom is -0.478 e. The SMILES string of the molecule is Cc1cc([C@@H](C)Nc2ccccc2C(=O)O)c2nc(N3CC4(CCN(c5ccc(C#N)cc5)CC4)C3)c(C#N)c(=O)n2c1. The number of aryl methyl sites for hydroxylation is 1.